The van der Waals surface area contributed by atoms with E-state index in [-0.39, 0.29) is 0 Å². The monoisotopic (exact) mass is 310 g/mol. The van der Waals surface area contributed by atoms with Gasteiger partial charge in [-0.25, -0.2) is 4.98 Å². The molecule has 0 unspecified atom stereocenters. The first kappa shape index (κ1) is 12.8. The van der Waals surface area contributed by atoms with Gasteiger partial charge in [-0.1, -0.05) is 6.07 Å². The SMILES string of the molecule is NC(=O)c1ccc2cc(-c3csc(-c4ccco4)n3)oc2c1. The second kappa shape index (κ2) is 4.85. The number of amides is 1. The average Bonchev–Trinajstić information content (AvgIpc) is 3.24. The topological polar surface area (TPSA) is 82.3 Å². The Morgan fingerprint density at radius 1 is 1.18 bits per heavy atom. The molecule has 4 rings (SSSR count). The lowest BCUT2D eigenvalue weighted by Crippen LogP contribution is -2.10. The molecule has 22 heavy (non-hydrogen) atoms. The molecule has 0 aliphatic rings. The Bertz CT molecular complexity index is 967. The highest BCUT2D eigenvalue weighted by atomic mass is 32.1. The summed E-state index contributed by atoms with van der Waals surface area (Å²) in [5, 5.41) is 3.59. The van der Waals surface area contributed by atoms with Crippen LogP contribution in [0.4, 0.5) is 0 Å². The third-order valence-corrected chi connectivity index (χ3v) is 4.15. The fourth-order valence-electron chi connectivity index (χ4n) is 2.21. The van der Waals surface area contributed by atoms with Crippen molar-refractivity contribution in [3.05, 3.63) is 53.6 Å². The Kier molecular flexibility index (Phi) is 2.83. The number of aromatic nitrogens is 1. The van der Waals surface area contributed by atoms with Crippen molar-refractivity contribution in [2.45, 2.75) is 0 Å². The largest absolute Gasteiger partial charge is 0.462 e. The maximum atomic E-state index is 11.2. The zero-order chi connectivity index (χ0) is 15.1. The van der Waals surface area contributed by atoms with Gasteiger partial charge in [0.05, 0.1) is 6.26 Å². The van der Waals surface area contributed by atoms with Gasteiger partial charge in [0.15, 0.2) is 16.5 Å². The van der Waals surface area contributed by atoms with E-state index in [0.717, 1.165) is 21.8 Å². The molecule has 0 aliphatic heterocycles. The molecule has 5 nitrogen and oxygen atoms in total. The van der Waals surface area contributed by atoms with Crippen LogP contribution >= 0.6 is 11.3 Å². The lowest BCUT2D eigenvalue weighted by Gasteiger charge is -1.93. The van der Waals surface area contributed by atoms with E-state index in [0.29, 0.717) is 16.9 Å². The van der Waals surface area contributed by atoms with Gasteiger partial charge in [0, 0.05) is 16.3 Å². The number of hydrogen-bond acceptors (Lipinski definition) is 5. The molecule has 6 heteroatoms. The third-order valence-electron chi connectivity index (χ3n) is 3.29. The molecule has 1 aromatic carbocycles. The number of primary amides is 1. The molecule has 0 saturated heterocycles. The highest BCUT2D eigenvalue weighted by Gasteiger charge is 2.13. The molecule has 3 heterocycles. The summed E-state index contributed by atoms with van der Waals surface area (Å²) in [7, 11) is 0. The molecule has 2 N–H and O–H groups in total. The van der Waals surface area contributed by atoms with Gasteiger partial charge < -0.3 is 14.6 Å². The van der Waals surface area contributed by atoms with Crippen molar-refractivity contribution in [1.29, 1.82) is 0 Å². The van der Waals surface area contributed by atoms with Crippen LogP contribution in [0.15, 0.2) is 56.9 Å². The van der Waals surface area contributed by atoms with Crippen molar-refractivity contribution >= 4 is 28.2 Å². The smallest absolute Gasteiger partial charge is 0.248 e. The number of nitrogens with zero attached hydrogens (tertiary/aromatic N) is 1. The normalized spacial score (nSPS) is 11.1. The maximum absolute atomic E-state index is 11.2. The molecule has 0 spiro atoms. The van der Waals surface area contributed by atoms with Crippen LogP contribution in [0, 0.1) is 0 Å². The molecule has 0 saturated carbocycles. The number of hydrogen-bond donors (Lipinski definition) is 1. The molecule has 108 valence electrons. The summed E-state index contributed by atoms with van der Waals surface area (Å²) in [6.07, 6.45) is 1.61. The standard InChI is InChI=1S/C16H10N2O3S/c17-15(19)10-4-3-9-6-14(21-13(9)7-10)11-8-22-16(18-11)12-2-1-5-20-12/h1-8H,(H2,17,19). The van der Waals surface area contributed by atoms with E-state index in [2.05, 4.69) is 4.98 Å². The lowest BCUT2D eigenvalue weighted by molar-refractivity contribution is 0.100. The van der Waals surface area contributed by atoms with Crippen LogP contribution in [0.25, 0.3) is 33.2 Å². The number of furan rings is 2. The molecule has 0 radical (unpaired) electrons. The Morgan fingerprint density at radius 3 is 2.86 bits per heavy atom. The molecule has 3 aromatic heterocycles. The fourth-order valence-corrected chi connectivity index (χ4v) is 2.99. The van der Waals surface area contributed by atoms with Crippen LogP contribution in [0.2, 0.25) is 0 Å². The summed E-state index contributed by atoms with van der Waals surface area (Å²) in [5.74, 6) is 0.891. The van der Waals surface area contributed by atoms with Crippen molar-refractivity contribution in [2.24, 2.45) is 5.73 Å². The molecule has 0 bridgehead atoms. The Morgan fingerprint density at radius 2 is 2.09 bits per heavy atom. The number of fused-ring (bicyclic) bond motifs is 1. The van der Waals surface area contributed by atoms with E-state index >= 15 is 0 Å². The van der Waals surface area contributed by atoms with Crippen molar-refractivity contribution in [2.75, 3.05) is 0 Å². The summed E-state index contributed by atoms with van der Waals surface area (Å²) in [5.41, 5.74) is 7.04. The predicted molar refractivity (Wildman–Crippen MR) is 83.5 cm³/mol. The van der Waals surface area contributed by atoms with Crippen molar-refractivity contribution in [3.63, 3.8) is 0 Å². The summed E-state index contributed by atoms with van der Waals surface area (Å²) in [6, 6.07) is 10.7. The Balaban J connectivity index is 1.76. The van der Waals surface area contributed by atoms with Crippen LogP contribution < -0.4 is 5.73 Å². The summed E-state index contributed by atoms with van der Waals surface area (Å²) in [6.45, 7) is 0. The molecular formula is C16H10N2O3S. The molecule has 0 fully saturated rings. The summed E-state index contributed by atoms with van der Waals surface area (Å²) in [4.78, 5) is 15.7. The first-order chi connectivity index (χ1) is 10.7. The van der Waals surface area contributed by atoms with E-state index in [9.17, 15) is 4.79 Å². The molecule has 0 atom stereocenters. The Hall–Kier alpha value is -2.86. The second-order valence-electron chi connectivity index (χ2n) is 4.74. The van der Waals surface area contributed by atoms with Gasteiger partial charge in [-0.05, 0) is 30.3 Å². The first-order valence-electron chi connectivity index (χ1n) is 6.54. The third kappa shape index (κ3) is 2.10. The number of rotatable bonds is 3. The van der Waals surface area contributed by atoms with Crippen molar-refractivity contribution in [1.82, 2.24) is 4.98 Å². The van der Waals surface area contributed by atoms with Gasteiger partial charge in [-0.3, -0.25) is 4.79 Å². The number of carbonyl (C=O) groups is 1. The number of carbonyl (C=O) groups excluding carboxylic acids is 1. The zero-order valence-corrected chi connectivity index (χ0v) is 12.1. The minimum Gasteiger partial charge on any atom is -0.462 e. The number of thiazole rings is 1. The highest BCUT2D eigenvalue weighted by molar-refractivity contribution is 7.13. The van der Waals surface area contributed by atoms with Gasteiger partial charge in [0.1, 0.15) is 11.3 Å². The molecule has 4 aromatic rings. The molecule has 1 amide bonds. The molecular weight excluding hydrogens is 300 g/mol. The van der Waals surface area contributed by atoms with E-state index in [4.69, 9.17) is 14.6 Å². The molecule has 0 aliphatic carbocycles. The van der Waals surface area contributed by atoms with Crippen LogP contribution in [-0.4, -0.2) is 10.9 Å². The van der Waals surface area contributed by atoms with Crippen LogP contribution in [0.3, 0.4) is 0 Å². The van der Waals surface area contributed by atoms with Crippen molar-refractivity contribution in [3.8, 4) is 22.2 Å². The summed E-state index contributed by atoms with van der Waals surface area (Å²) < 4.78 is 11.1. The Labute approximate surface area is 129 Å². The average molecular weight is 310 g/mol. The quantitative estimate of drug-likeness (QED) is 0.622. The number of nitrogens with two attached hydrogens (primary N) is 1. The summed E-state index contributed by atoms with van der Waals surface area (Å²) >= 11 is 1.48. The van der Waals surface area contributed by atoms with Gasteiger partial charge >= 0.3 is 0 Å². The van der Waals surface area contributed by atoms with Crippen LogP contribution in [0.1, 0.15) is 10.4 Å². The van der Waals surface area contributed by atoms with E-state index in [1.54, 1.807) is 18.4 Å². The first-order valence-corrected chi connectivity index (χ1v) is 7.42. The zero-order valence-electron chi connectivity index (χ0n) is 11.3. The van der Waals surface area contributed by atoms with E-state index in [1.165, 1.54) is 11.3 Å². The van der Waals surface area contributed by atoms with Crippen molar-refractivity contribution < 1.29 is 13.6 Å². The highest BCUT2D eigenvalue weighted by Crippen LogP contribution is 2.32. The minimum absolute atomic E-state index is 0.419. The lowest BCUT2D eigenvalue weighted by atomic mass is 10.1. The maximum Gasteiger partial charge on any atom is 0.248 e. The van der Waals surface area contributed by atoms with Gasteiger partial charge in [-0.2, -0.15) is 0 Å². The van der Waals surface area contributed by atoms with Gasteiger partial charge in [-0.15, -0.1) is 11.3 Å². The van der Waals surface area contributed by atoms with E-state index < -0.39 is 5.91 Å². The van der Waals surface area contributed by atoms with E-state index in [1.807, 2.05) is 29.6 Å². The fraction of sp³-hybridized carbons (Fsp3) is 0. The van der Waals surface area contributed by atoms with Gasteiger partial charge in [0.25, 0.3) is 0 Å². The van der Waals surface area contributed by atoms with Crippen LogP contribution in [-0.2, 0) is 0 Å². The predicted octanol–water partition coefficient (Wildman–Crippen LogP) is 3.92. The minimum atomic E-state index is -0.478. The second-order valence-corrected chi connectivity index (χ2v) is 5.60. The van der Waals surface area contributed by atoms with Gasteiger partial charge in [0.2, 0.25) is 5.91 Å². The van der Waals surface area contributed by atoms with Crippen LogP contribution in [0.5, 0.6) is 0 Å². The number of benzene rings is 1.